The third kappa shape index (κ3) is 2.60. The van der Waals surface area contributed by atoms with Crippen LogP contribution < -0.4 is 11.1 Å². The Morgan fingerprint density at radius 1 is 1.14 bits per heavy atom. The standard InChI is InChI=1S/C16H13N5/c17-9-14-13(18)6-7-15(21-14)20-10-12-4-1-3-11-5-2-8-19-16(11)12/h1-8H,10,18H2,(H,20,21). The van der Waals surface area contributed by atoms with Gasteiger partial charge in [0.1, 0.15) is 11.9 Å². The maximum atomic E-state index is 8.94. The van der Waals surface area contributed by atoms with E-state index in [2.05, 4.69) is 15.3 Å². The van der Waals surface area contributed by atoms with E-state index in [4.69, 9.17) is 11.0 Å². The van der Waals surface area contributed by atoms with Crippen molar-refractivity contribution in [3.8, 4) is 6.07 Å². The summed E-state index contributed by atoms with van der Waals surface area (Å²) in [6.45, 7) is 0.580. The van der Waals surface area contributed by atoms with Gasteiger partial charge in [0.05, 0.1) is 11.2 Å². The Labute approximate surface area is 122 Å². The Hall–Kier alpha value is -3.13. The predicted octanol–water partition coefficient (Wildman–Crippen LogP) is 2.70. The van der Waals surface area contributed by atoms with Crippen molar-refractivity contribution in [2.45, 2.75) is 6.54 Å². The SMILES string of the molecule is N#Cc1nc(NCc2cccc3cccnc23)ccc1N. The number of benzene rings is 1. The molecule has 3 rings (SSSR count). The minimum Gasteiger partial charge on any atom is -0.396 e. The van der Waals surface area contributed by atoms with E-state index < -0.39 is 0 Å². The molecule has 0 bridgehead atoms. The van der Waals surface area contributed by atoms with Gasteiger partial charge < -0.3 is 11.1 Å². The summed E-state index contributed by atoms with van der Waals surface area (Å²) in [4.78, 5) is 8.58. The van der Waals surface area contributed by atoms with Crippen LogP contribution in [-0.4, -0.2) is 9.97 Å². The monoisotopic (exact) mass is 275 g/mol. The molecule has 2 aromatic heterocycles. The first kappa shape index (κ1) is 12.9. The van der Waals surface area contributed by atoms with Crippen LogP contribution >= 0.6 is 0 Å². The number of pyridine rings is 2. The van der Waals surface area contributed by atoms with E-state index in [0.717, 1.165) is 16.5 Å². The van der Waals surface area contributed by atoms with Gasteiger partial charge in [0.15, 0.2) is 5.69 Å². The van der Waals surface area contributed by atoms with Gasteiger partial charge in [-0.05, 0) is 23.8 Å². The van der Waals surface area contributed by atoms with E-state index in [-0.39, 0.29) is 5.69 Å². The van der Waals surface area contributed by atoms with Crippen molar-refractivity contribution in [1.82, 2.24) is 9.97 Å². The molecule has 0 radical (unpaired) electrons. The van der Waals surface area contributed by atoms with Crippen molar-refractivity contribution in [2.24, 2.45) is 0 Å². The summed E-state index contributed by atoms with van der Waals surface area (Å²) < 4.78 is 0. The molecule has 2 heterocycles. The molecular formula is C16H13N5. The van der Waals surface area contributed by atoms with Crippen molar-refractivity contribution in [3.63, 3.8) is 0 Å². The van der Waals surface area contributed by atoms with Gasteiger partial charge in [-0.25, -0.2) is 4.98 Å². The van der Waals surface area contributed by atoms with E-state index in [1.165, 1.54) is 0 Å². The number of rotatable bonds is 3. The van der Waals surface area contributed by atoms with Crippen molar-refractivity contribution in [1.29, 1.82) is 5.26 Å². The van der Waals surface area contributed by atoms with E-state index in [1.54, 1.807) is 18.3 Å². The van der Waals surface area contributed by atoms with Gasteiger partial charge in [0.2, 0.25) is 0 Å². The van der Waals surface area contributed by atoms with E-state index >= 15 is 0 Å². The predicted molar refractivity (Wildman–Crippen MR) is 82.4 cm³/mol. The zero-order valence-corrected chi connectivity index (χ0v) is 11.2. The van der Waals surface area contributed by atoms with Crippen LogP contribution in [0.25, 0.3) is 10.9 Å². The molecule has 0 aliphatic heterocycles. The topological polar surface area (TPSA) is 87.6 Å². The van der Waals surface area contributed by atoms with Crippen LogP contribution in [0.2, 0.25) is 0 Å². The fourth-order valence-corrected chi connectivity index (χ4v) is 2.15. The molecular weight excluding hydrogens is 262 g/mol. The van der Waals surface area contributed by atoms with Gasteiger partial charge in [-0.1, -0.05) is 24.3 Å². The summed E-state index contributed by atoms with van der Waals surface area (Å²) in [5.41, 5.74) is 8.31. The van der Waals surface area contributed by atoms with Crippen LogP contribution in [0.5, 0.6) is 0 Å². The largest absolute Gasteiger partial charge is 0.396 e. The Bertz CT molecular complexity index is 830. The van der Waals surface area contributed by atoms with Crippen LogP contribution in [0, 0.1) is 11.3 Å². The number of nitrogen functional groups attached to an aromatic ring is 1. The van der Waals surface area contributed by atoms with Gasteiger partial charge in [0.25, 0.3) is 0 Å². The Morgan fingerprint density at radius 2 is 2.00 bits per heavy atom. The molecule has 0 saturated carbocycles. The highest BCUT2D eigenvalue weighted by molar-refractivity contribution is 5.81. The van der Waals surface area contributed by atoms with Crippen molar-refractivity contribution in [3.05, 3.63) is 59.9 Å². The highest BCUT2D eigenvalue weighted by Crippen LogP contribution is 2.18. The summed E-state index contributed by atoms with van der Waals surface area (Å²) >= 11 is 0. The lowest BCUT2D eigenvalue weighted by Gasteiger charge is -2.09. The maximum absolute atomic E-state index is 8.94. The number of nitrogens with one attached hydrogen (secondary N) is 1. The second kappa shape index (κ2) is 5.47. The van der Waals surface area contributed by atoms with Crippen molar-refractivity contribution in [2.75, 3.05) is 11.1 Å². The van der Waals surface area contributed by atoms with E-state index in [0.29, 0.717) is 18.1 Å². The molecule has 0 saturated heterocycles. The fraction of sp³-hybridized carbons (Fsp3) is 0.0625. The quantitative estimate of drug-likeness (QED) is 0.767. The summed E-state index contributed by atoms with van der Waals surface area (Å²) in [6.07, 6.45) is 1.78. The zero-order valence-electron chi connectivity index (χ0n) is 11.2. The minimum absolute atomic E-state index is 0.232. The molecule has 5 nitrogen and oxygen atoms in total. The molecule has 0 unspecified atom stereocenters. The molecule has 0 spiro atoms. The van der Waals surface area contributed by atoms with Gasteiger partial charge in [-0.2, -0.15) is 5.26 Å². The first-order valence-corrected chi connectivity index (χ1v) is 6.51. The number of para-hydroxylation sites is 1. The normalized spacial score (nSPS) is 10.2. The molecule has 0 aliphatic rings. The Balaban J connectivity index is 1.86. The number of hydrogen-bond acceptors (Lipinski definition) is 5. The van der Waals surface area contributed by atoms with Crippen LogP contribution in [0.4, 0.5) is 11.5 Å². The maximum Gasteiger partial charge on any atom is 0.165 e. The Morgan fingerprint density at radius 3 is 2.86 bits per heavy atom. The lowest BCUT2D eigenvalue weighted by Crippen LogP contribution is -2.04. The number of hydrogen-bond donors (Lipinski definition) is 2. The summed E-state index contributed by atoms with van der Waals surface area (Å²) in [5.74, 6) is 0.619. The number of aromatic nitrogens is 2. The molecule has 21 heavy (non-hydrogen) atoms. The average Bonchev–Trinajstić information content (AvgIpc) is 2.54. The van der Waals surface area contributed by atoms with Crippen LogP contribution in [0.15, 0.2) is 48.7 Å². The van der Waals surface area contributed by atoms with Crippen molar-refractivity contribution >= 4 is 22.4 Å². The second-order valence-corrected chi connectivity index (χ2v) is 4.59. The molecule has 102 valence electrons. The molecule has 3 N–H and O–H groups in total. The molecule has 5 heteroatoms. The highest BCUT2D eigenvalue weighted by Gasteiger charge is 2.04. The molecule has 1 aromatic carbocycles. The first-order chi connectivity index (χ1) is 10.3. The summed E-state index contributed by atoms with van der Waals surface area (Å²) in [7, 11) is 0. The van der Waals surface area contributed by atoms with Crippen LogP contribution in [0.1, 0.15) is 11.3 Å². The van der Waals surface area contributed by atoms with Crippen LogP contribution in [0.3, 0.4) is 0 Å². The summed E-state index contributed by atoms with van der Waals surface area (Å²) in [5, 5.41) is 13.2. The number of anilines is 2. The van der Waals surface area contributed by atoms with Crippen molar-refractivity contribution < 1.29 is 0 Å². The number of nitrogens with zero attached hydrogens (tertiary/aromatic N) is 3. The zero-order chi connectivity index (χ0) is 14.7. The molecule has 0 amide bonds. The van der Waals surface area contributed by atoms with Gasteiger partial charge in [-0.3, -0.25) is 4.98 Å². The van der Waals surface area contributed by atoms with Gasteiger partial charge >= 0.3 is 0 Å². The molecule has 0 atom stereocenters. The highest BCUT2D eigenvalue weighted by atomic mass is 15.0. The Kier molecular flexibility index (Phi) is 3.36. The molecule has 3 aromatic rings. The number of nitrogens with two attached hydrogens (primary N) is 1. The third-order valence-electron chi connectivity index (χ3n) is 3.21. The van der Waals surface area contributed by atoms with E-state index in [9.17, 15) is 0 Å². The van der Waals surface area contributed by atoms with Crippen LogP contribution in [-0.2, 0) is 6.54 Å². The first-order valence-electron chi connectivity index (χ1n) is 6.51. The van der Waals surface area contributed by atoms with Gasteiger partial charge in [-0.15, -0.1) is 0 Å². The minimum atomic E-state index is 0.232. The smallest absolute Gasteiger partial charge is 0.165 e. The lowest BCUT2D eigenvalue weighted by atomic mass is 10.1. The molecule has 0 aliphatic carbocycles. The molecule has 0 fully saturated rings. The second-order valence-electron chi connectivity index (χ2n) is 4.59. The number of fused-ring (bicyclic) bond motifs is 1. The average molecular weight is 275 g/mol. The third-order valence-corrected chi connectivity index (χ3v) is 3.21. The van der Waals surface area contributed by atoms with E-state index in [1.807, 2.05) is 36.4 Å². The fourth-order valence-electron chi connectivity index (χ4n) is 2.15. The van der Waals surface area contributed by atoms with Gasteiger partial charge in [0, 0.05) is 18.1 Å². The summed E-state index contributed by atoms with van der Waals surface area (Å²) in [6, 6.07) is 15.4. The lowest BCUT2D eigenvalue weighted by molar-refractivity contribution is 1.11. The number of nitriles is 1.